The Morgan fingerprint density at radius 3 is 2.88 bits per heavy atom. The highest BCUT2D eigenvalue weighted by Crippen LogP contribution is 2.49. The summed E-state index contributed by atoms with van der Waals surface area (Å²) < 4.78 is 4.90. The van der Waals surface area contributed by atoms with Crippen LogP contribution in [-0.4, -0.2) is 30.1 Å². The molecule has 2 saturated carbocycles. The number of hydrogen-bond donors (Lipinski definition) is 1. The number of esters is 1. The number of carbonyl (C=O) groups is 1. The molecular weight excluding hydrogens is 234 g/mol. The molecule has 2 aliphatic rings. The number of rotatable bonds is 6. The molecule has 0 aliphatic heterocycles. The fourth-order valence-electron chi connectivity index (χ4n) is 3.24. The first kappa shape index (κ1) is 13.2. The molecule has 3 nitrogen and oxygen atoms in total. The normalized spacial score (nSPS) is 32.7. The van der Waals surface area contributed by atoms with Crippen LogP contribution in [0.1, 0.15) is 32.6 Å². The Labute approximate surface area is 108 Å². The standard InChI is InChI=1S/C13H23NO2S/c1-2-16-13(15)12(14)8-17-7-11-6-9-3-4-10(11)5-9/h9-12H,2-8,14H2,1H3. The molecule has 4 atom stereocenters. The molecule has 2 fully saturated rings. The lowest BCUT2D eigenvalue weighted by molar-refractivity contribution is -0.144. The first-order valence-electron chi connectivity index (χ1n) is 6.70. The van der Waals surface area contributed by atoms with Gasteiger partial charge in [-0.1, -0.05) is 6.42 Å². The Bertz CT molecular complexity index is 272. The predicted octanol–water partition coefficient (Wildman–Crippen LogP) is 2.05. The summed E-state index contributed by atoms with van der Waals surface area (Å²) in [7, 11) is 0. The Morgan fingerprint density at radius 2 is 2.29 bits per heavy atom. The fraction of sp³-hybridized carbons (Fsp3) is 0.923. The van der Waals surface area contributed by atoms with Crippen molar-refractivity contribution < 1.29 is 9.53 Å². The Hall–Kier alpha value is -0.220. The molecule has 0 radical (unpaired) electrons. The lowest BCUT2D eigenvalue weighted by atomic mass is 9.90. The molecule has 4 heteroatoms. The van der Waals surface area contributed by atoms with Crippen LogP contribution in [0.5, 0.6) is 0 Å². The van der Waals surface area contributed by atoms with E-state index in [2.05, 4.69) is 0 Å². The Morgan fingerprint density at radius 1 is 1.47 bits per heavy atom. The first-order chi connectivity index (χ1) is 8.20. The van der Waals surface area contributed by atoms with E-state index < -0.39 is 6.04 Å². The summed E-state index contributed by atoms with van der Waals surface area (Å²) in [6.45, 7) is 2.23. The molecular formula is C13H23NO2S. The summed E-state index contributed by atoms with van der Waals surface area (Å²) in [5, 5.41) is 0. The molecule has 17 heavy (non-hydrogen) atoms. The van der Waals surface area contributed by atoms with Gasteiger partial charge in [0, 0.05) is 5.75 Å². The maximum Gasteiger partial charge on any atom is 0.323 e. The summed E-state index contributed by atoms with van der Waals surface area (Å²) in [6.07, 6.45) is 5.75. The minimum absolute atomic E-state index is 0.257. The van der Waals surface area contributed by atoms with E-state index in [0.29, 0.717) is 12.4 Å². The maximum absolute atomic E-state index is 11.3. The van der Waals surface area contributed by atoms with E-state index in [0.717, 1.165) is 17.8 Å². The van der Waals surface area contributed by atoms with Gasteiger partial charge >= 0.3 is 5.97 Å². The second-order valence-electron chi connectivity index (χ2n) is 5.33. The lowest BCUT2D eigenvalue weighted by Crippen LogP contribution is -2.35. The zero-order valence-corrected chi connectivity index (χ0v) is 11.4. The monoisotopic (exact) mass is 257 g/mol. The molecule has 2 bridgehead atoms. The number of carbonyl (C=O) groups excluding carboxylic acids is 1. The molecule has 0 spiro atoms. The third kappa shape index (κ3) is 3.38. The third-order valence-corrected chi connectivity index (χ3v) is 5.36. The second-order valence-corrected chi connectivity index (χ2v) is 6.41. The zero-order chi connectivity index (χ0) is 12.3. The van der Waals surface area contributed by atoms with Crippen LogP contribution >= 0.6 is 11.8 Å². The van der Waals surface area contributed by atoms with Crippen LogP contribution in [0.15, 0.2) is 0 Å². The van der Waals surface area contributed by atoms with Crippen LogP contribution in [0.25, 0.3) is 0 Å². The summed E-state index contributed by atoms with van der Waals surface area (Å²) in [5.41, 5.74) is 5.77. The van der Waals surface area contributed by atoms with Gasteiger partial charge in [0.15, 0.2) is 0 Å². The molecule has 0 aromatic heterocycles. The van der Waals surface area contributed by atoms with Gasteiger partial charge in [-0.15, -0.1) is 0 Å². The smallest absolute Gasteiger partial charge is 0.323 e. The van der Waals surface area contributed by atoms with Gasteiger partial charge in [0.05, 0.1) is 6.61 Å². The van der Waals surface area contributed by atoms with Crippen molar-refractivity contribution in [1.29, 1.82) is 0 Å². The van der Waals surface area contributed by atoms with Gasteiger partial charge in [-0.2, -0.15) is 11.8 Å². The van der Waals surface area contributed by atoms with Crippen LogP contribution in [0.3, 0.4) is 0 Å². The number of thioether (sulfide) groups is 1. The topological polar surface area (TPSA) is 52.3 Å². The molecule has 0 aromatic carbocycles. The number of nitrogens with two attached hydrogens (primary N) is 1. The average Bonchev–Trinajstić information content (AvgIpc) is 2.91. The van der Waals surface area contributed by atoms with E-state index in [4.69, 9.17) is 10.5 Å². The number of hydrogen-bond acceptors (Lipinski definition) is 4. The molecule has 2 aliphatic carbocycles. The second kappa shape index (κ2) is 6.10. The van der Waals surface area contributed by atoms with E-state index >= 15 is 0 Å². The van der Waals surface area contributed by atoms with Crippen molar-refractivity contribution >= 4 is 17.7 Å². The molecule has 0 amide bonds. The quantitative estimate of drug-likeness (QED) is 0.740. The van der Waals surface area contributed by atoms with Crippen molar-refractivity contribution in [2.24, 2.45) is 23.5 Å². The van der Waals surface area contributed by atoms with E-state index in [1.54, 1.807) is 0 Å². The van der Waals surface area contributed by atoms with Crippen LogP contribution in [0.2, 0.25) is 0 Å². The summed E-state index contributed by atoms with van der Waals surface area (Å²) in [4.78, 5) is 11.3. The lowest BCUT2D eigenvalue weighted by Gasteiger charge is -2.21. The minimum atomic E-state index is -0.446. The molecule has 0 heterocycles. The van der Waals surface area contributed by atoms with Crippen molar-refractivity contribution in [1.82, 2.24) is 0 Å². The van der Waals surface area contributed by atoms with Gasteiger partial charge in [0.2, 0.25) is 0 Å². The summed E-state index contributed by atoms with van der Waals surface area (Å²) in [6, 6.07) is -0.446. The van der Waals surface area contributed by atoms with Crippen molar-refractivity contribution in [2.75, 3.05) is 18.1 Å². The average molecular weight is 257 g/mol. The van der Waals surface area contributed by atoms with Crippen molar-refractivity contribution in [2.45, 2.75) is 38.6 Å². The van der Waals surface area contributed by atoms with Crippen LogP contribution in [-0.2, 0) is 9.53 Å². The predicted molar refractivity (Wildman–Crippen MR) is 70.9 cm³/mol. The van der Waals surface area contributed by atoms with Crippen LogP contribution in [0.4, 0.5) is 0 Å². The van der Waals surface area contributed by atoms with Gasteiger partial charge in [-0.3, -0.25) is 4.79 Å². The van der Waals surface area contributed by atoms with Crippen molar-refractivity contribution in [3.63, 3.8) is 0 Å². The van der Waals surface area contributed by atoms with Crippen LogP contribution < -0.4 is 5.73 Å². The number of fused-ring (bicyclic) bond motifs is 2. The van der Waals surface area contributed by atoms with E-state index in [1.165, 1.54) is 31.4 Å². The van der Waals surface area contributed by atoms with Gasteiger partial charge < -0.3 is 10.5 Å². The van der Waals surface area contributed by atoms with Crippen LogP contribution in [0, 0.1) is 17.8 Å². The number of ether oxygens (including phenoxy) is 1. The molecule has 2 rings (SSSR count). The minimum Gasteiger partial charge on any atom is -0.465 e. The molecule has 0 aromatic rings. The fourth-order valence-corrected chi connectivity index (χ4v) is 4.48. The van der Waals surface area contributed by atoms with Gasteiger partial charge in [-0.25, -0.2) is 0 Å². The van der Waals surface area contributed by atoms with Gasteiger partial charge in [0.25, 0.3) is 0 Å². The van der Waals surface area contributed by atoms with Crippen molar-refractivity contribution in [3.8, 4) is 0 Å². The SMILES string of the molecule is CCOC(=O)C(N)CSCC1CC2CCC1C2. The maximum atomic E-state index is 11.3. The summed E-state index contributed by atoms with van der Waals surface area (Å²) in [5.74, 6) is 4.47. The van der Waals surface area contributed by atoms with Gasteiger partial charge in [0.1, 0.15) is 6.04 Å². The highest BCUT2D eigenvalue weighted by atomic mass is 32.2. The Balaban J connectivity index is 1.61. The van der Waals surface area contributed by atoms with Gasteiger partial charge in [-0.05, 0) is 49.7 Å². The molecule has 4 unspecified atom stereocenters. The largest absolute Gasteiger partial charge is 0.465 e. The molecule has 98 valence electrons. The van der Waals surface area contributed by atoms with E-state index in [-0.39, 0.29) is 5.97 Å². The Kier molecular flexibility index (Phi) is 4.74. The zero-order valence-electron chi connectivity index (χ0n) is 10.6. The van der Waals surface area contributed by atoms with E-state index in [1.807, 2.05) is 18.7 Å². The van der Waals surface area contributed by atoms with Crippen molar-refractivity contribution in [3.05, 3.63) is 0 Å². The summed E-state index contributed by atoms with van der Waals surface area (Å²) >= 11 is 1.83. The van der Waals surface area contributed by atoms with E-state index in [9.17, 15) is 4.79 Å². The molecule has 2 N–H and O–H groups in total. The highest BCUT2D eigenvalue weighted by Gasteiger charge is 2.39. The first-order valence-corrected chi connectivity index (χ1v) is 7.86. The third-order valence-electron chi connectivity index (χ3n) is 4.10. The molecule has 0 saturated heterocycles. The highest BCUT2D eigenvalue weighted by molar-refractivity contribution is 7.99.